The maximum absolute atomic E-state index is 12.1. The summed E-state index contributed by atoms with van der Waals surface area (Å²) in [5.41, 5.74) is 0. The highest BCUT2D eigenvalue weighted by Gasteiger charge is 2.31. The molecule has 1 fully saturated rings. The molecule has 1 unspecified atom stereocenters. The van der Waals surface area contributed by atoms with Gasteiger partial charge in [0.25, 0.3) is 0 Å². The largest absolute Gasteiger partial charge is 0.392 e. The van der Waals surface area contributed by atoms with Crippen molar-refractivity contribution < 1.29 is 13.5 Å². The molecular weight excluding hydrogens is 341 g/mol. The summed E-state index contributed by atoms with van der Waals surface area (Å²) in [4.78, 5) is 0.294. The van der Waals surface area contributed by atoms with Crippen molar-refractivity contribution in [2.75, 3.05) is 13.1 Å². The minimum atomic E-state index is -3.42. The van der Waals surface area contributed by atoms with E-state index in [0.29, 0.717) is 17.9 Å². The average molecular weight is 353 g/mol. The number of hydrogen-bond acceptors (Lipinski definition) is 3. The van der Waals surface area contributed by atoms with E-state index in [1.165, 1.54) is 4.31 Å². The van der Waals surface area contributed by atoms with Gasteiger partial charge in [-0.3, -0.25) is 0 Å². The number of halogens is 1. The molecule has 0 aromatic heterocycles. The van der Waals surface area contributed by atoms with Crippen molar-refractivity contribution in [3.05, 3.63) is 27.8 Å². The van der Waals surface area contributed by atoms with Crippen LogP contribution in [0.5, 0.6) is 0 Å². The molecule has 1 aromatic carbocycles. The van der Waals surface area contributed by atoms with Gasteiger partial charge in [-0.15, -0.1) is 0 Å². The molecule has 4 nitrogen and oxygen atoms in total. The van der Waals surface area contributed by atoms with Crippen LogP contribution in [0.3, 0.4) is 0 Å². The lowest BCUT2D eigenvalue weighted by Gasteiger charge is -2.15. The van der Waals surface area contributed by atoms with Crippen molar-refractivity contribution in [1.82, 2.24) is 4.31 Å². The summed E-state index contributed by atoms with van der Waals surface area (Å²) < 4.78 is 26.5. The van der Waals surface area contributed by atoms with Gasteiger partial charge in [0.2, 0.25) is 10.0 Å². The molecule has 0 saturated carbocycles. The smallest absolute Gasteiger partial charge is 0.243 e. The first kappa shape index (κ1) is 12.3. The van der Waals surface area contributed by atoms with E-state index in [0.717, 1.165) is 3.57 Å². The zero-order valence-corrected chi connectivity index (χ0v) is 11.5. The molecule has 1 aromatic rings. The number of aliphatic hydroxyl groups excluding tert-OH is 1. The third-order valence-electron chi connectivity index (χ3n) is 2.58. The SMILES string of the molecule is O=S(=O)(c1ccc(I)cc1)N1CCC(O)C1. The van der Waals surface area contributed by atoms with E-state index < -0.39 is 16.1 Å². The van der Waals surface area contributed by atoms with Crippen LogP contribution in [0.2, 0.25) is 0 Å². The van der Waals surface area contributed by atoms with E-state index in [4.69, 9.17) is 0 Å². The average Bonchev–Trinajstić information content (AvgIpc) is 2.66. The van der Waals surface area contributed by atoms with E-state index in [1.54, 1.807) is 24.3 Å². The van der Waals surface area contributed by atoms with Crippen LogP contribution in [0, 0.1) is 3.57 Å². The number of sulfonamides is 1. The van der Waals surface area contributed by atoms with Crippen LogP contribution in [0.1, 0.15) is 6.42 Å². The first-order valence-electron chi connectivity index (χ1n) is 4.94. The summed E-state index contributed by atoms with van der Waals surface area (Å²) in [5, 5.41) is 9.35. The highest BCUT2D eigenvalue weighted by molar-refractivity contribution is 14.1. The third-order valence-corrected chi connectivity index (χ3v) is 5.18. The minimum Gasteiger partial charge on any atom is -0.392 e. The van der Waals surface area contributed by atoms with E-state index in [2.05, 4.69) is 22.6 Å². The Balaban J connectivity index is 2.29. The predicted octanol–water partition coefficient (Wildman–Crippen LogP) is 1.05. The normalized spacial score (nSPS) is 22.5. The van der Waals surface area contributed by atoms with Gasteiger partial charge in [0.05, 0.1) is 11.0 Å². The Morgan fingerprint density at radius 3 is 2.44 bits per heavy atom. The van der Waals surface area contributed by atoms with E-state index in [-0.39, 0.29) is 6.54 Å². The number of rotatable bonds is 2. The van der Waals surface area contributed by atoms with E-state index in [1.807, 2.05) is 0 Å². The molecular formula is C10H12INO3S. The molecule has 0 bridgehead atoms. The van der Waals surface area contributed by atoms with Crippen LogP contribution in [0.4, 0.5) is 0 Å². The maximum atomic E-state index is 12.1. The summed E-state index contributed by atoms with van der Waals surface area (Å²) in [5.74, 6) is 0. The second kappa shape index (κ2) is 4.59. The highest BCUT2D eigenvalue weighted by atomic mass is 127. The molecule has 2 rings (SSSR count). The van der Waals surface area contributed by atoms with E-state index >= 15 is 0 Å². The maximum Gasteiger partial charge on any atom is 0.243 e. The van der Waals surface area contributed by atoms with Gasteiger partial charge in [-0.2, -0.15) is 4.31 Å². The summed E-state index contributed by atoms with van der Waals surface area (Å²) >= 11 is 2.13. The first-order valence-corrected chi connectivity index (χ1v) is 7.46. The topological polar surface area (TPSA) is 57.6 Å². The minimum absolute atomic E-state index is 0.203. The Morgan fingerprint density at radius 1 is 1.31 bits per heavy atom. The van der Waals surface area contributed by atoms with Crippen molar-refractivity contribution in [3.8, 4) is 0 Å². The number of benzene rings is 1. The second-order valence-corrected chi connectivity index (χ2v) is 6.94. The van der Waals surface area contributed by atoms with Gasteiger partial charge < -0.3 is 5.11 Å². The molecule has 1 heterocycles. The molecule has 88 valence electrons. The number of aliphatic hydroxyl groups is 1. The lowest BCUT2D eigenvalue weighted by atomic mass is 10.3. The number of nitrogens with zero attached hydrogens (tertiary/aromatic N) is 1. The van der Waals surface area contributed by atoms with Gasteiger partial charge in [0.1, 0.15) is 0 Å². The first-order chi connectivity index (χ1) is 7.50. The molecule has 1 atom stereocenters. The zero-order valence-electron chi connectivity index (χ0n) is 8.51. The zero-order chi connectivity index (χ0) is 11.8. The fourth-order valence-corrected chi connectivity index (χ4v) is 3.54. The van der Waals surface area contributed by atoms with Crippen molar-refractivity contribution in [3.63, 3.8) is 0 Å². The second-order valence-electron chi connectivity index (χ2n) is 3.76. The summed E-state index contributed by atoms with van der Waals surface area (Å²) in [6.07, 6.45) is -0.0116. The molecule has 1 aliphatic heterocycles. The number of hydrogen-bond donors (Lipinski definition) is 1. The lowest BCUT2D eigenvalue weighted by molar-refractivity contribution is 0.189. The lowest BCUT2D eigenvalue weighted by Crippen LogP contribution is -2.29. The molecule has 0 aliphatic carbocycles. The van der Waals surface area contributed by atoms with Crippen LogP contribution >= 0.6 is 22.6 Å². The molecule has 6 heteroatoms. The Bertz CT molecular complexity index is 471. The molecule has 1 aliphatic rings. The van der Waals surface area contributed by atoms with Gasteiger partial charge in [-0.05, 0) is 53.3 Å². The molecule has 0 amide bonds. The Hall–Kier alpha value is -0.180. The van der Waals surface area contributed by atoms with Crippen LogP contribution in [-0.2, 0) is 10.0 Å². The van der Waals surface area contributed by atoms with Gasteiger partial charge >= 0.3 is 0 Å². The van der Waals surface area contributed by atoms with Crippen molar-refractivity contribution in [1.29, 1.82) is 0 Å². The van der Waals surface area contributed by atoms with Gasteiger partial charge in [-0.1, -0.05) is 0 Å². The molecule has 0 radical (unpaired) electrons. The van der Waals surface area contributed by atoms with Crippen molar-refractivity contribution in [2.24, 2.45) is 0 Å². The predicted molar refractivity (Wildman–Crippen MR) is 68.5 cm³/mol. The third kappa shape index (κ3) is 2.39. The molecule has 0 spiro atoms. The van der Waals surface area contributed by atoms with Gasteiger partial charge in [-0.25, -0.2) is 8.42 Å². The summed E-state index contributed by atoms with van der Waals surface area (Å²) in [6, 6.07) is 6.73. The summed E-state index contributed by atoms with van der Waals surface area (Å²) in [6.45, 7) is 0.601. The van der Waals surface area contributed by atoms with Crippen LogP contribution in [0.15, 0.2) is 29.2 Å². The fourth-order valence-electron chi connectivity index (χ4n) is 1.68. The fraction of sp³-hybridized carbons (Fsp3) is 0.400. The van der Waals surface area contributed by atoms with Gasteiger partial charge in [0.15, 0.2) is 0 Å². The molecule has 1 saturated heterocycles. The quantitative estimate of drug-likeness (QED) is 0.809. The van der Waals surface area contributed by atoms with E-state index in [9.17, 15) is 13.5 Å². The summed E-state index contributed by atoms with van der Waals surface area (Å²) in [7, 11) is -3.42. The highest BCUT2D eigenvalue weighted by Crippen LogP contribution is 2.21. The Labute approximate surface area is 108 Å². The van der Waals surface area contributed by atoms with Crippen LogP contribution in [0.25, 0.3) is 0 Å². The van der Waals surface area contributed by atoms with Gasteiger partial charge in [0, 0.05) is 16.7 Å². The van der Waals surface area contributed by atoms with Crippen molar-refractivity contribution >= 4 is 32.6 Å². The van der Waals surface area contributed by atoms with Crippen LogP contribution < -0.4 is 0 Å². The number of β-amino-alcohol motifs (C(OH)–C–C–N with tert-alkyl or cyclic N) is 1. The van der Waals surface area contributed by atoms with Crippen LogP contribution in [-0.4, -0.2) is 37.0 Å². The Kier molecular flexibility index (Phi) is 3.53. The monoisotopic (exact) mass is 353 g/mol. The molecule has 1 N–H and O–H groups in total. The Morgan fingerprint density at radius 2 is 1.94 bits per heavy atom. The molecule has 16 heavy (non-hydrogen) atoms. The standard InChI is InChI=1S/C10H12INO3S/c11-8-1-3-10(4-2-8)16(14,15)12-6-5-9(13)7-12/h1-4,9,13H,5-7H2. The van der Waals surface area contributed by atoms with Crippen molar-refractivity contribution in [2.45, 2.75) is 17.4 Å².